The van der Waals surface area contributed by atoms with Crippen molar-refractivity contribution >= 4 is 12.0 Å². The van der Waals surface area contributed by atoms with E-state index < -0.39 is 23.0 Å². The van der Waals surface area contributed by atoms with E-state index in [0.717, 1.165) is 0 Å². The Morgan fingerprint density at radius 2 is 1.74 bits per heavy atom. The molecule has 0 heterocycles. The van der Waals surface area contributed by atoms with E-state index in [4.69, 9.17) is 0 Å². The van der Waals surface area contributed by atoms with Crippen molar-refractivity contribution in [1.29, 1.82) is 0 Å². The van der Waals surface area contributed by atoms with Crippen LogP contribution in [0, 0.1) is 5.41 Å². The first kappa shape index (κ1) is 17.7. The van der Waals surface area contributed by atoms with Crippen LogP contribution in [0.4, 0.5) is 4.79 Å². The quantitative estimate of drug-likeness (QED) is 0.680. The Bertz CT molecular complexity index is 338. The zero-order valence-corrected chi connectivity index (χ0v) is 12.6. The fraction of sp³-hybridized carbons (Fsp3) is 0.846. The first-order valence-electron chi connectivity index (χ1n) is 6.36. The molecule has 19 heavy (non-hydrogen) atoms. The zero-order valence-electron chi connectivity index (χ0n) is 12.6. The topological polar surface area (TPSA) is 89.9 Å². The van der Waals surface area contributed by atoms with Crippen LogP contribution in [0.3, 0.4) is 0 Å². The van der Waals surface area contributed by atoms with Gasteiger partial charge in [0.1, 0.15) is 0 Å². The van der Waals surface area contributed by atoms with Crippen molar-refractivity contribution in [3.05, 3.63) is 0 Å². The second kappa shape index (κ2) is 6.23. The van der Waals surface area contributed by atoms with Crippen molar-refractivity contribution in [3.8, 4) is 0 Å². The standard InChI is InChI=1S/C13H26N2O4/c1-9(16)7-8-15(6)11(19)14-13(4,5)12(2,3)10(17)18/h9,16H,7-8H2,1-6H3,(H,14,19)(H,17,18). The molecule has 0 saturated heterocycles. The summed E-state index contributed by atoms with van der Waals surface area (Å²) in [6.07, 6.45) is 0.00543. The molecule has 0 aliphatic heterocycles. The second-order valence-electron chi connectivity index (χ2n) is 6.04. The normalized spacial score (nSPS) is 13.8. The molecule has 6 nitrogen and oxygen atoms in total. The monoisotopic (exact) mass is 274 g/mol. The van der Waals surface area contributed by atoms with Crippen LogP contribution in [0.2, 0.25) is 0 Å². The van der Waals surface area contributed by atoms with E-state index in [2.05, 4.69) is 5.32 Å². The highest BCUT2D eigenvalue weighted by Gasteiger charge is 2.44. The third-order valence-corrected chi connectivity index (χ3v) is 3.75. The molecule has 0 bridgehead atoms. The summed E-state index contributed by atoms with van der Waals surface area (Å²) in [6, 6.07) is -0.347. The van der Waals surface area contributed by atoms with Crippen molar-refractivity contribution in [2.24, 2.45) is 5.41 Å². The first-order chi connectivity index (χ1) is 8.41. The number of nitrogens with one attached hydrogen (secondary N) is 1. The SMILES string of the molecule is CC(O)CCN(C)C(=O)NC(C)(C)C(C)(C)C(=O)O. The predicted octanol–water partition coefficient (Wildman–Crippen LogP) is 1.29. The number of nitrogens with zero attached hydrogens (tertiary/aromatic N) is 1. The Labute approximate surface area is 114 Å². The third-order valence-electron chi connectivity index (χ3n) is 3.75. The number of carboxylic acid groups (broad SMARTS) is 1. The van der Waals surface area contributed by atoms with Gasteiger partial charge in [0.05, 0.1) is 17.1 Å². The lowest BCUT2D eigenvalue weighted by molar-refractivity contribution is -0.150. The van der Waals surface area contributed by atoms with Crippen LogP contribution < -0.4 is 5.32 Å². The van der Waals surface area contributed by atoms with Gasteiger partial charge in [-0.3, -0.25) is 4.79 Å². The van der Waals surface area contributed by atoms with Gasteiger partial charge in [-0.2, -0.15) is 0 Å². The van der Waals surface area contributed by atoms with Crippen LogP contribution in [0.5, 0.6) is 0 Å². The maximum atomic E-state index is 12.0. The Morgan fingerprint density at radius 3 is 2.11 bits per heavy atom. The highest BCUT2D eigenvalue weighted by Crippen LogP contribution is 2.30. The number of hydrogen-bond donors (Lipinski definition) is 3. The average molecular weight is 274 g/mol. The van der Waals surface area contributed by atoms with Gasteiger partial charge < -0.3 is 20.4 Å². The molecule has 1 atom stereocenters. The van der Waals surface area contributed by atoms with E-state index in [1.54, 1.807) is 41.7 Å². The molecule has 0 spiro atoms. The van der Waals surface area contributed by atoms with E-state index in [9.17, 15) is 19.8 Å². The van der Waals surface area contributed by atoms with Crippen LogP contribution in [0.25, 0.3) is 0 Å². The Morgan fingerprint density at radius 1 is 1.26 bits per heavy atom. The molecule has 0 rings (SSSR count). The van der Waals surface area contributed by atoms with E-state index in [1.165, 1.54) is 4.90 Å². The molecule has 0 saturated carbocycles. The number of carbonyl (C=O) groups is 2. The first-order valence-corrected chi connectivity index (χ1v) is 6.36. The maximum absolute atomic E-state index is 12.0. The average Bonchev–Trinajstić information content (AvgIpc) is 2.24. The Kier molecular flexibility index (Phi) is 5.81. The summed E-state index contributed by atoms with van der Waals surface area (Å²) in [4.78, 5) is 24.7. The molecular weight excluding hydrogens is 248 g/mol. The molecule has 0 aromatic heterocycles. The third kappa shape index (κ3) is 4.70. The van der Waals surface area contributed by atoms with Gasteiger partial charge in [-0.15, -0.1) is 0 Å². The van der Waals surface area contributed by atoms with Gasteiger partial charge in [0.25, 0.3) is 0 Å². The van der Waals surface area contributed by atoms with Crippen molar-refractivity contribution in [3.63, 3.8) is 0 Å². The predicted molar refractivity (Wildman–Crippen MR) is 73.0 cm³/mol. The summed E-state index contributed by atoms with van der Waals surface area (Å²) >= 11 is 0. The summed E-state index contributed by atoms with van der Waals surface area (Å²) < 4.78 is 0. The minimum atomic E-state index is -1.09. The number of hydrogen-bond acceptors (Lipinski definition) is 3. The number of aliphatic hydroxyl groups is 1. The van der Waals surface area contributed by atoms with Crippen molar-refractivity contribution in [2.75, 3.05) is 13.6 Å². The van der Waals surface area contributed by atoms with Gasteiger partial charge in [0.2, 0.25) is 0 Å². The fourth-order valence-corrected chi connectivity index (χ4v) is 1.27. The van der Waals surface area contributed by atoms with Gasteiger partial charge in [0.15, 0.2) is 0 Å². The number of aliphatic carboxylic acids is 1. The minimum Gasteiger partial charge on any atom is -0.481 e. The lowest BCUT2D eigenvalue weighted by atomic mass is 9.74. The molecule has 1 unspecified atom stereocenters. The molecule has 0 radical (unpaired) electrons. The van der Waals surface area contributed by atoms with Gasteiger partial charge in [0, 0.05) is 13.6 Å². The molecule has 0 aliphatic carbocycles. The molecule has 6 heteroatoms. The number of carboxylic acids is 1. The van der Waals surface area contributed by atoms with Gasteiger partial charge in [-0.1, -0.05) is 0 Å². The molecular formula is C13H26N2O4. The van der Waals surface area contributed by atoms with Crippen LogP contribution in [-0.4, -0.2) is 52.3 Å². The van der Waals surface area contributed by atoms with E-state index in [0.29, 0.717) is 13.0 Å². The maximum Gasteiger partial charge on any atom is 0.317 e. The summed E-state index contributed by atoms with van der Waals surface area (Å²) in [5.41, 5.74) is -1.98. The molecule has 0 fully saturated rings. The molecule has 112 valence electrons. The fourth-order valence-electron chi connectivity index (χ4n) is 1.27. The lowest BCUT2D eigenvalue weighted by Gasteiger charge is -2.39. The van der Waals surface area contributed by atoms with Crippen LogP contribution >= 0.6 is 0 Å². The molecule has 0 aliphatic rings. The van der Waals surface area contributed by atoms with E-state index >= 15 is 0 Å². The summed E-state index contributed by atoms with van der Waals surface area (Å²) in [7, 11) is 1.61. The van der Waals surface area contributed by atoms with Gasteiger partial charge in [-0.25, -0.2) is 4.79 Å². The number of carbonyl (C=O) groups excluding carboxylic acids is 1. The summed E-state index contributed by atoms with van der Waals surface area (Å²) in [5, 5.41) is 21.1. The van der Waals surface area contributed by atoms with Crippen molar-refractivity contribution < 1.29 is 19.8 Å². The number of urea groups is 1. The van der Waals surface area contributed by atoms with Crippen molar-refractivity contribution in [2.45, 2.75) is 52.7 Å². The molecule has 3 N–H and O–H groups in total. The minimum absolute atomic E-state index is 0.347. The van der Waals surface area contributed by atoms with E-state index in [-0.39, 0.29) is 6.03 Å². The number of rotatable bonds is 6. The van der Waals surface area contributed by atoms with Crippen LogP contribution in [-0.2, 0) is 4.79 Å². The largest absolute Gasteiger partial charge is 0.481 e. The zero-order chi connectivity index (χ0) is 15.4. The smallest absolute Gasteiger partial charge is 0.317 e. The Hall–Kier alpha value is -1.30. The van der Waals surface area contributed by atoms with Crippen LogP contribution in [0.15, 0.2) is 0 Å². The molecule has 2 amide bonds. The Balaban J connectivity index is 4.66. The summed E-state index contributed by atoms with van der Waals surface area (Å²) in [6.45, 7) is 8.58. The second-order valence-corrected chi connectivity index (χ2v) is 6.04. The highest BCUT2D eigenvalue weighted by atomic mass is 16.4. The van der Waals surface area contributed by atoms with E-state index in [1.807, 2.05) is 0 Å². The lowest BCUT2D eigenvalue weighted by Crippen LogP contribution is -2.59. The molecule has 0 aromatic carbocycles. The van der Waals surface area contributed by atoms with Gasteiger partial charge in [-0.05, 0) is 41.0 Å². The number of aliphatic hydroxyl groups excluding tert-OH is 1. The van der Waals surface area contributed by atoms with Crippen molar-refractivity contribution in [1.82, 2.24) is 10.2 Å². The van der Waals surface area contributed by atoms with Crippen LogP contribution in [0.1, 0.15) is 41.0 Å². The number of amides is 2. The molecule has 0 aromatic rings. The summed E-state index contributed by atoms with van der Waals surface area (Å²) in [5.74, 6) is -0.968. The van der Waals surface area contributed by atoms with Gasteiger partial charge >= 0.3 is 12.0 Å². The highest BCUT2D eigenvalue weighted by molar-refractivity contribution is 5.79.